The highest BCUT2D eigenvalue weighted by Crippen LogP contribution is 2.28. The number of hydrogen-bond acceptors (Lipinski definition) is 6. The minimum absolute atomic E-state index is 0.152. The molecule has 0 aliphatic carbocycles. The van der Waals surface area contributed by atoms with Crippen LogP contribution >= 0.6 is 0 Å². The molecule has 0 aliphatic heterocycles. The molecule has 0 spiro atoms. The highest BCUT2D eigenvalue weighted by Gasteiger charge is 2.16. The minimum atomic E-state index is -0.545. The number of benzene rings is 2. The maximum absolute atomic E-state index is 14.2. The zero-order valence-corrected chi connectivity index (χ0v) is 15.4. The van der Waals surface area contributed by atoms with Crippen molar-refractivity contribution >= 4 is 17.3 Å². The van der Waals surface area contributed by atoms with Gasteiger partial charge in [-0.25, -0.2) is 4.39 Å². The SMILES string of the molecule is Cc1noc(-c2ccccc2NC(=O)c2cc(F)cc(-c3cncc(N)c3)c2)n1. The van der Waals surface area contributed by atoms with Gasteiger partial charge in [0.2, 0.25) is 0 Å². The maximum atomic E-state index is 14.2. The number of nitrogens with one attached hydrogen (secondary N) is 1. The van der Waals surface area contributed by atoms with Gasteiger partial charge in [0.05, 0.1) is 16.9 Å². The highest BCUT2D eigenvalue weighted by molar-refractivity contribution is 6.06. The van der Waals surface area contributed by atoms with Crippen LogP contribution in [0.2, 0.25) is 0 Å². The smallest absolute Gasteiger partial charge is 0.260 e. The lowest BCUT2D eigenvalue weighted by molar-refractivity contribution is 0.102. The minimum Gasteiger partial charge on any atom is -0.397 e. The number of anilines is 2. The normalized spacial score (nSPS) is 10.7. The van der Waals surface area contributed by atoms with Gasteiger partial charge in [-0.15, -0.1) is 0 Å². The fraction of sp³-hybridized carbons (Fsp3) is 0.0476. The molecule has 0 bridgehead atoms. The quantitative estimate of drug-likeness (QED) is 0.545. The zero-order valence-electron chi connectivity index (χ0n) is 15.4. The molecule has 0 fully saturated rings. The lowest BCUT2D eigenvalue weighted by atomic mass is 10.0. The van der Waals surface area contributed by atoms with Gasteiger partial charge in [-0.05, 0) is 48.9 Å². The van der Waals surface area contributed by atoms with E-state index in [0.717, 1.165) is 6.07 Å². The number of nitrogen functional groups attached to an aromatic ring is 1. The van der Waals surface area contributed by atoms with E-state index in [-0.39, 0.29) is 11.5 Å². The first-order chi connectivity index (χ1) is 14.0. The first-order valence-electron chi connectivity index (χ1n) is 8.72. The number of nitrogens with two attached hydrogens (primary N) is 1. The van der Waals surface area contributed by atoms with Crippen molar-refractivity contribution in [3.05, 3.63) is 78.1 Å². The van der Waals surface area contributed by atoms with E-state index in [4.69, 9.17) is 10.3 Å². The average Bonchev–Trinajstić information content (AvgIpc) is 3.14. The third-order valence-corrected chi connectivity index (χ3v) is 4.19. The van der Waals surface area contributed by atoms with Crippen molar-refractivity contribution < 1.29 is 13.7 Å². The summed E-state index contributed by atoms with van der Waals surface area (Å²) in [4.78, 5) is 21.0. The number of hydrogen-bond donors (Lipinski definition) is 2. The topological polar surface area (TPSA) is 107 Å². The second-order valence-corrected chi connectivity index (χ2v) is 6.38. The van der Waals surface area contributed by atoms with Gasteiger partial charge in [-0.1, -0.05) is 17.3 Å². The Kier molecular flexibility index (Phi) is 4.74. The Morgan fingerprint density at radius 1 is 1.10 bits per heavy atom. The van der Waals surface area contributed by atoms with E-state index in [1.807, 2.05) is 0 Å². The molecule has 1 amide bonds. The fourth-order valence-electron chi connectivity index (χ4n) is 2.88. The van der Waals surface area contributed by atoms with E-state index in [1.54, 1.807) is 49.5 Å². The van der Waals surface area contributed by atoms with Crippen LogP contribution in [-0.2, 0) is 0 Å². The molecule has 2 aromatic heterocycles. The number of carbonyl (C=O) groups excluding carboxylic acids is 1. The van der Waals surface area contributed by atoms with Gasteiger partial charge in [0.1, 0.15) is 5.82 Å². The molecule has 2 aromatic carbocycles. The van der Waals surface area contributed by atoms with E-state index < -0.39 is 11.7 Å². The van der Waals surface area contributed by atoms with Crippen molar-refractivity contribution in [3.63, 3.8) is 0 Å². The number of aryl methyl sites for hydroxylation is 1. The standard InChI is InChI=1S/C21H16FN5O2/c1-12-25-21(29-27-12)18-4-2-3-5-19(18)26-20(28)14-6-13(7-16(22)8-14)15-9-17(23)11-24-10-15/h2-11H,23H2,1H3,(H,26,28). The molecule has 4 rings (SSSR count). The van der Waals surface area contributed by atoms with Gasteiger partial charge < -0.3 is 15.6 Å². The third kappa shape index (κ3) is 3.96. The van der Waals surface area contributed by atoms with Crippen molar-refractivity contribution in [3.8, 4) is 22.6 Å². The van der Waals surface area contributed by atoms with E-state index in [2.05, 4.69) is 20.4 Å². The summed E-state index contributed by atoms with van der Waals surface area (Å²) < 4.78 is 19.4. The molecule has 3 N–H and O–H groups in total. The first-order valence-corrected chi connectivity index (χ1v) is 8.72. The Bertz CT molecular complexity index is 1210. The van der Waals surface area contributed by atoms with E-state index in [0.29, 0.717) is 33.9 Å². The molecule has 0 unspecified atom stereocenters. The number of pyridine rings is 1. The molecular formula is C21H16FN5O2. The molecule has 7 nitrogen and oxygen atoms in total. The van der Waals surface area contributed by atoms with Crippen molar-refractivity contribution in [2.24, 2.45) is 0 Å². The summed E-state index contributed by atoms with van der Waals surface area (Å²) in [6.07, 6.45) is 3.05. The van der Waals surface area contributed by atoms with Gasteiger partial charge in [-0.3, -0.25) is 9.78 Å². The number of rotatable bonds is 4. The van der Waals surface area contributed by atoms with Crippen LogP contribution in [0.5, 0.6) is 0 Å². The summed E-state index contributed by atoms with van der Waals surface area (Å²) in [5.41, 5.74) is 8.50. The molecule has 0 saturated heterocycles. The van der Waals surface area contributed by atoms with Crippen molar-refractivity contribution in [1.82, 2.24) is 15.1 Å². The lowest BCUT2D eigenvalue weighted by Gasteiger charge is -2.10. The van der Waals surface area contributed by atoms with Gasteiger partial charge in [0, 0.05) is 23.5 Å². The van der Waals surface area contributed by atoms with Crippen LogP contribution < -0.4 is 11.1 Å². The number of aromatic nitrogens is 3. The molecule has 2 heterocycles. The predicted molar refractivity (Wildman–Crippen MR) is 106 cm³/mol. The summed E-state index contributed by atoms with van der Waals surface area (Å²) in [6, 6.07) is 12.7. The molecule has 0 atom stereocenters. The Hall–Kier alpha value is -4.07. The number of amides is 1. The monoisotopic (exact) mass is 389 g/mol. The fourth-order valence-corrected chi connectivity index (χ4v) is 2.88. The van der Waals surface area contributed by atoms with Crippen LogP contribution in [0.25, 0.3) is 22.6 Å². The van der Waals surface area contributed by atoms with Crippen LogP contribution in [0.15, 0.2) is 65.4 Å². The number of nitrogens with zero attached hydrogens (tertiary/aromatic N) is 3. The van der Waals surface area contributed by atoms with E-state index >= 15 is 0 Å². The van der Waals surface area contributed by atoms with Crippen LogP contribution in [0.4, 0.5) is 15.8 Å². The molecule has 0 radical (unpaired) electrons. The molecule has 0 saturated carbocycles. The van der Waals surface area contributed by atoms with Crippen LogP contribution in [0.3, 0.4) is 0 Å². The molecule has 144 valence electrons. The molecule has 4 aromatic rings. The maximum Gasteiger partial charge on any atom is 0.260 e. The molecular weight excluding hydrogens is 373 g/mol. The first kappa shape index (κ1) is 18.3. The Balaban J connectivity index is 1.67. The van der Waals surface area contributed by atoms with Crippen molar-refractivity contribution in [2.45, 2.75) is 6.92 Å². The average molecular weight is 389 g/mol. The Labute approximate surface area is 165 Å². The molecule has 29 heavy (non-hydrogen) atoms. The van der Waals surface area contributed by atoms with Gasteiger partial charge in [0.15, 0.2) is 5.82 Å². The van der Waals surface area contributed by atoms with Crippen molar-refractivity contribution in [1.29, 1.82) is 0 Å². The zero-order chi connectivity index (χ0) is 20.4. The largest absolute Gasteiger partial charge is 0.397 e. The number of para-hydroxylation sites is 1. The van der Waals surface area contributed by atoms with Gasteiger partial charge in [-0.2, -0.15) is 4.98 Å². The van der Waals surface area contributed by atoms with Gasteiger partial charge in [0.25, 0.3) is 11.8 Å². The third-order valence-electron chi connectivity index (χ3n) is 4.19. The summed E-state index contributed by atoms with van der Waals surface area (Å²) in [7, 11) is 0. The van der Waals surface area contributed by atoms with Crippen LogP contribution in [0, 0.1) is 12.7 Å². The van der Waals surface area contributed by atoms with Crippen LogP contribution in [-0.4, -0.2) is 21.0 Å². The summed E-state index contributed by atoms with van der Waals surface area (Å²) in [6.45, 7) is 1.70. The summed E-state index contributed by atoms with van der Waals surface area (Å²) in [5, 5.41) is 6.55. The second-order valence-electron chi connectivity index (χ2n) is 6.38. The van der Waals surface area contributed by atoms with E-state index in [9.17, 15) is 9.18 Å². The van der Waals surface area contributed by atoms with Crippen LogP contribution in [0.1, 0.15) is 16.2 Å². The Morgan fingerprint density at radius 3 is 2.69 bits per heavy atom. The molecule has 0 aliphatic rings. The summed E-state index contributed by atoms with van der Waals surface area (Å²) in [5.74, 6) is -0.266. The lowest BCUT2D eigenvalue weighted by Crippen LogP contribution is -2.13. The van der Waals surface area contributed by atoms with Crippen molar-refractivity contribution in [2.75, 3.05) is 11.1 Å². The van der Waals surface area contributed by atoms with E-state index in [1.165, 1.54) is 12.3 Å². The Morgan fingerprint density at radius 2 is 1.93 bits per heavy atom. The summed E-state index contributed by atoms with van der Waals surface area (Å²) >= 11 is 0. The molecule has 8 heteroatoms. The number of carbonyl (C=O) groups is 1. The highest BCUT2D eigenvalue weighted by atomic mass is 19.1. The van der Waals surface area contributed by atoms with Gasteiger partial charge >= 0.3 is 0 Å². The number of halogens is 1. The predicted octanol–water partition coefficient (Wildman–Crippen LogP) is 4.08. The second kappa shape index (κ2) is 7.51.